The van der Waals surface area contributed by atoms with E-state index in [1.54, 1.807) is 7.11 Å². The van der Waals surface area contributed by atoms with Crippen LogP contribution in [0, 0.1) is 0 Å². The number of methoxy groups -OCH3 is 1. The van der Waals surface area contributed by atoms with E-state index < -0.39 is 0 Å². The zero-order chi connectivity index (χ0) is 23.1. The highest BCUT2D eigenvalue weighted by Crippen LogP contribution is 2.47. The molecule has 2 amide bonds. The Kier molecular flexibility index (Phi) is 5.57. The lowest BCUT2D eigenvalue weighted by atomic mass is 9.88. The molecule has 7 heteroatoms. The molecule has 3 heterocycles. The maximum absolute atomic E-state index is 13.7. The fourth-order valence-corrected chi connectivity index (χ4v) is 6.96. The molecule has 1 atom stereocenters. The Balaban J connectivity index is 1.37. The second kappa shape index (κ2) is 8.87. The molecule has 34 heavy (non-hydrogen) atoms. The van der Waals surface area contributed by atoms with Crippen LogP contribution in [0.1, 0.15) is 45.3 Å². The highest BCUT2D eigenvalue weighted by molar-refractivity contribution is 7.12. The number of fused-ring (bicyclic) bond motifs is 4. The molecule has 3 aliphatic rings. The first kappa shape index (κ1) is 21.4. The minimum atomic E-state index is -0.173. The molecule has 2 aliphatic heterocycles. The van der Waals surface area contributed by atoms with Gasteiger partial charge in [-0.05, 0) is 61.4 Å². The fourth-order valence-electron chi connectivity index (χ4n) is 5.39. The van der Waals surface area contributed by atoms with Crippen LogP contribution in [0.4, 0.5) is 10.5 Å². The number of carbonyl (C=O) groups is 1. The van der Waals surface area contributed by atoms with Crippen LogP contribution < -0.4 is 19.5 Å². The molecule has 1 aliphatic carbocycles. The van der Waals surface area contributed by atoms with E-state index in [-0.39, 0.29) is 12.1 Å². The number of hydrogen-bond acceptors (Lipinski definition) is 5. The molecule has 3 aromatic rings. The van der Waals surface area contributed by atoms with E-state index in [9.17, 15) is 4.79 Å². The number of urea groups is 1. The van der Waals surface area contributed by atoms with Crippen molar-refractivity contribution in [3.05, 3.63) is 68.9 Å². The van der Waals surface area contributed by atoms with E-state index in [0.717, 1.165) is 30.6 Å². The van der Waals surface area contributed by atoms with E-state index in [1.807, 2.05) is 52.6 Å². The molecule has 1 N–H and O–H groups in total. The van der Waals surface area contributed by atoms with Gasteiger partial charge in [0.15, 0.2) is 11.5 Å². The van der Waals surface area contributed by atoms with Crippen molar-refractivity contribution in [2.24, 2.45) is 0 Å². The molecule has 0 unspecified atom stereocenters. The zero-order valence-electron chi connectivity index (χ0n) is 19.3. The van der Waals surface area contributed by atoms with Crippen LogP contribution in [0.25, 0.3) is 0 Å². The Hall–Kier alpha value is -3.19. The van der Waals surface area contributed by atoms with Crippen LogP contribution in [0.2, 0.25) is 0 Å². The van der Waals surface area contributed by atoms with Crippen molar-refractivity contribution < 1.29 is 19.0 Å². The van der Waals surface area contributed by atoms with Crippen molar-refractivity contribution in [2.75, 3.05) is 32.2 Å². The number of anilines is 1. The summed E-state index contributed by atoms with van der Waals surface area (Å²) in [5.41, 5.74) is 4.73. The number of nitrogens with one attached hydrogen (secondary N) is 1. The summed E-state index contributed by atoms with van der Waals surface area (Å²) in [6, 6.07) is 13.3. The van der Waals surface area contributed by atoms with Gasteiger partial charge in [-0.3, -0.25) is 0 Å². The molecule has 0 spiro atoms. The van der Waals surface area contributed by atoms with Crippen molar-refractivity contribution in [2.45, 2.75) is 38.1 Å². The molecule has 6 rings (SSSR count). The molecular weight excluding hydrogens is 448 g/mol. The summed E-state index contributed by atoms with van der Waals surface area (Å²) in [5, 5.41) is 3.11. The second-order valence-electron chi connectivity index (χ2n) is 8.93. The molecule has 0 fully saturated rings. The number of para-hydroxylation sites is 1. The number of thiophene rings is 1. The molecule has 0 bridgehead atoms. The average Bonchev–Trinajstić information content (AvgIpc) is 3.27. The van der Waals surface area contributed by atoms with Gasteiger partial charge in [0.25, 0.3) is 0 Å². The fraction of sp³-hybridized carbons (Fsp3) is 0.370. The van der Waals surface area contributed by atoms with Gasteiger partial charge in [0.05, 0.1) is 13.2 Å². The summed E-state index contributed by atoms with van der Waals surface area (Å²) < 4.78 is 17.1. The first-order valence-corrected chi connectivity index (χ1v) is 12.8. The van der Waals surface area contributed by atoms with E-state index in [1.165, 1.54) is 33.7 Å². The Morgan fingerprint density at radius 1 is 1.03 bits per heavy atom. The molecule has 0 saturated heterocycles. The van der Waals surface area contributed by atoms with E-state index in [4.69, 9.17) is 14.2 Å². The monoisotopic (exact) mass is 476 g/mol. The van der Waals surface area contributed by atoms with Crippen LogP contribution >= 0.6 is 11.3 Å². The maximum Gasteiger partial charge on any atom is 0.322 e. The largest absolute Gasteiger partial charge is 0.496 e. The van der Waals surface area contributed by atoms with Crippen molar-refractivity contribution in [1.29, 1.82) is 0 Å². The quantitative estimate of drug-likeness (QED) is 0.536. The van der Waals surface area contributed by atoms with Crippen LogP contribution in [0.5, 0.6) is 17.2 Å². The first-order valence-electron chi connectivity index (χ1n) is 12.0. The second-order valence-corrected chi connectivity index (χ2v) is 10.1. The van der Waals surface area contributed by atoms with Crippen LogP contribution in [0.15, 0.2) is 42.5 Å². The Bertz CT molecular complexity index is 1240. The number of benzene rings is 2. The lowest BCUT2D eigenvalue weighted by molar-refractivity contribution is 0.171. The number of carbonyl (C=O) groups excluding carboxylic acids is 1. The summed E-state index contributed by atoms with van der Waals surface area (Å²) in [5.74, 6) is 2.18. The van der Waals surface area contributed by atoms with Gasteiger partial charge in [-0.1, -0.05) is 18.2 Å². The number of nitrogens with zero attached hydrogens (tertiary/aromatic N) is 1. The van der Waals surface area contributed by atoms with Gasteiger partial charge in [-0.2, -0.15) is 0 Å². The Morgan fingerprint density at radius 2 is 1.85 bits per heavy atom. The number of aryl methyl sites for hydroxylation is 1. The van der Waals surface area contributed by atoms with Crippen LogP contribution in [-0.2, 0) is 19.3 Å². The third kappa shape index (κ3) is 3.68. The predicted molar refractivity (Wildman–Crippen MR) is 133 cm³/mol. The SMILES string of the molecule is COc1ccccc1[C@H]1c2sc3c(c2CCN1C(=O)Nc1ccc2c(c1)OCCO2)CCCC3. The number of ether oxygens (including phenoxy) is 3. The summed E-state index contributed by atoms with van der Waals surface area (Å²) in [7, 11) is 1.70. The summed E-state index contributed by atoms with van der Waals surface area (Å²) >= 11 is 1.89. The molecule has 6 nitrogen and oxygen atoms in total. The van der Waals surface area contributed by atoms with Gasteiger partial charge in [-0.15, -0.1) is 11.3 Å². The highest BCUT2D eigenvalue weighted by atomic mass is 32.1. The third-order valence-electron chi connectivity index (χ3n) is 6.96. The van der Waals surface area contributed by atoms with Gasteiger partial charge in [0, 0.05) is 33.6 Å². The molecule has 0 saturated carbocycles. The Morgan fingerprint density at radius 3 is 2.74 bits per heavy atom. The van der Waals surface area contributed by atoms with Gasteiger partial charge < -0.3 is 24.4 Å². The number of rotatable bonds is 3. The highest BCUT2D eigenvalue weighted by Gasteiger charge is 2.37. The van der Waals surface area contributed by atoms with Crippen molar-refractivity contribution in [1.82, 2.24) is 4.90 Å². The number of amides is 2. The van der Waals surface area contributed by atoms with Crippen molar-refractivity contribution in [3.63, 3.8) is 0 Å². The summed E-state index contributed by atoms with van der Waals surface area (Å²) in [6.45, 7) is 1.72. The zero-order valence-corrected chi connectivity index (χ0v) is 20.1. The molecular formula is C27H28N2O4S. The lowest BCUT2D eigenvalue weighted by Crippen LogP contribution is -2.42. The summed E-state index contributed by atoms with van der Waals surface area (Å²) in [6.07, 6.45) is 5.70. The topological polar surface area (TPSA) is 60.0 Å². The smallest absolute Gasteiger partial charge is 0.322 e. The lowest BCUT2D eigenvalue weighted by Gasteiger charge is -2.37. The summed E-state index contributed by atoms with van der Waals surface area (Å²) in [4.78, 5) is 18.4. The van der Waals surface area contributed by atoms with Crippen molar-refractivity contribution >= 4 is 23.1 Å². The first-order chi connectivity index (χ1) is 16.7. The minimum Gasteiger partial charge on any atom is -0.496 e. The molecule has 1 aromatic heterocycles. The minimum absolute atomic E-state index is 0.121. The maximum atomic E-state index is 13.7. The van der Waals surface area contributed by atoms with Crippen LogP contribution in [-0.4, -0.2) is 37.8 Å². The number of hydrogen-bond donors (Lipinski definition) is 1. The van der Waals surface area contributed by atoms with Crippen LogP contribution in [0.3, 0.4) is 0 Å². The molecule has 2 aromatic carbocycles. The van der Waals surface area contributed by atoms with Crippen molar-refractivity contribution in [3.8, 4) is 17.2 Å². The van der Waals surface area contributed by atoms with Gasteiger partial charge >= 0.3 is 6.03 Å². The van der Waals surface area contributed by atoms with Gasteiger partial charge in [0.1, 0.15) is 19.0 Å². The average molecular weight is 477 g/mol. The van der Waals surface area contributed by atoms with E-state index in [0.29, 0.717) is 36.9 Å². The normalized spacial score (nSPS) is 18.6. The van der Waals surface area contributed by atoms with Gasteiger partial charge in [0.2, 0.25) is 0 Å². The van der Waals surface area contributed by atoms with E-state index >= 15 is 0 Å². The Labute approximate surface area is 203 Å². The van der Waals surface area contributed by atoms with E-state index in [2.05, 4.69) is 11.4 Å². The molecule has 0 radical (unpaired) electrons. The van der Waals surface area contributed by atoms with Gasteiger partial charge in [-0.25, -0.2) is 4.79 Å². The standard InChI is InChI=1S/C27H28N2O4S/c1-31-21-8-4-2-7-20(21)25-26-19(18-6-3-5-9-24(18)34-26)12-13-29(25)27(30)28-17-10-11-22-23(16-17)33-15-14-32-22/h2,4,7-8,10-11,16,25H,3,5-6,9,12-15H2,1H3,(H,28,30)/t25-/m0/s1. The third-order valence-corrected chi connectivity index (χ3v) is 8.35. The predicted octanol–water partition coefficient (Wildman–Crippen LogP) is 5.59. The molecule has 176 valence electrons.